The molecule has 3 heterocycles. The number of benzene rings is 2. The SMILES string of the molecule is O=C(c1cc(-c2cccc(F)c2)no1)N1CCC[C@H](c2ncc(Cc3ccc(F)cc3)o2)C1. The van der Waals surface area contributed by atoms with E-state index in [-0.39, 0.29) is 29.2 Å². The maximum Gasteiger partial charge on any atom is 0.292 e. The lowest BCUT2D eigenvalue weighted by Crippen LogP contribution is -2.39. The molecular formula is C25H21F2N3O3. The van der Waals surface area contributed by atoms with Crippen molar-refractivity contribution in [1.82, 2.24) is 15.0 Å². The fourth-order valence-corrected chi connectivity index (χ4v) is 4.08. The predicted octanol–water partition coefficient (Wildman–Crippen LogP) is 5.22. The van der Waals surface area contributed by atoms with Gasteiger partial charge in [-0.1, -0.05) is 29.4 Å². The lowest BCUT2D eigenvalue weighted by atomic mass is 9.98. The van der Waals surface area contributed by atoms with Crippen LogP contribution in [0.4, 0.5) is 8.78 Å². The first-order valence-electron chi connectivity index (χ1n) is 10.8. The number of hydrogen-bond acceptors (Lipinski definition) is 5. The van der Waals surface area contributed by atoms with E-state index in [0.29, 0.717) is 42.4 Å². The van der Waals surface area contributed by atoms with E-state index in [0.717, 1.165) is 18.4 Å². The summed E-state index contributed by atoms with van der Waals surface area (Å²) < 4.78 is 37.8. The first kappa shape index (κ1) is 21.1. The van der Waals surface area contributed by atoms with Crippen LogP contribution in [0.15, 0.2) is 69.7 Å². The van der Waals surface area contributed by atoms with Crippen molar-refractivity contribution < 1.29 is 22.5 Å². The Morgan fingerprint density at radius 2 is 1.94 bits per heavy atom. The molecule has 0 radical (unpaired) electrons. The molecule has 1 amide bonds. The Morgan fingerprint density at radius 3 is 2.76 bits per heavy atom. The molecule has 1 aliphatic rings. The van der Waals surface area contributed by atoms with Gasteiger partial charge in [-0.2, -0.15) is 0 Å². The lowest BCUT2D eigenvalue weighted by molar-refractivity contribution is 0.0656. The summed E-state index contributed by atoms with van der Waals surface area (Å²) >= 11 is 0. The van der Waals surface area contributed by atoms with Gasteiger partial charge in [0, 0.05) is 31.1 Å². The number of aromatic nitrogens is 2. The molecule has 5 rings (SSSR count). The molecule has 0 unspecified atom stereocenters. The highest BCUT2D eigenvalue weighted by atomic mass is 19.1. The third-order valence-electron chi connectivity index (χ3n) is 5.76. The number of carbonyl (C=O) groups is 1. The second-order valence-electron chi connectivity index (χ2n) is 8.15. The number of oxazole rings is 1. The maximum atomic E-state index is 13.5. The Balaban J connectivity index is 1.26. The monoisotopic (exact) mass is 449 g/mol. The van der Waals surface area contributed by atoms with Crippen LogP contribution in [-0.2, 0) is 6.42 Å². The van der Waals surface area contributed by atoms with Gasteiger partial charge in [-0.25, -0.2) is 13.8 Å². The van der Waals surface area contributed by atoms with Gasteiger partial charge in [-0.3, -0.25) is 4.79 Å². The standard InChI is InChI=1S/C25H21F2N3O3/c26-19-8-6-16(7-9-19)11-21-14-28-24(32-21)18-4-2-10-30(15-18)25(31)23-13-22(29-33-23)17-3-1-5-20(27)12-17/h1,3,5-9,12-14,18H,2,4,10-11,15H2/t18-/m0/s1. The van der Waals surface area contributed by atoms with Gasteiger partial charge < -0.3 is 13.8 Å². The van der Waals surface area contributed by atoms with Gasteiger partial charge >= 0.3 is 0 Å². The van der Waals surface area contributed by atoms with E-state index in [4.69, 9.17) is 8.94 Å². The molecule has 1 aliphatic heterocycles. The Kier molecular flexibility index (Phi) is 5.73. The zero-order chi connectivity index (χ0) is 22.8. The van der Waals surface area contributed by atoms with Crippen molar-refractivity contribution in [2.75, 3.05) is 13.1 Å². The first-order chi connectivity index (χ1) is 16.0. The third kappa shape index (κ3) is 4.69. The summed E-state index contributed by atoms with van der Waals surface area (Å²) in [6.45, 7) is 1.04. The van der Waals surface area contributed by atoms with E-state index >= 15 is 0 Å². The summed E-state index contributed by atoms with van der Waals surface area (Å²) in [6, 6.07) is 13.8. The molecule has 2 aromatic heterocycles. The molecule has 2 aromatic carbocycles. The normalized spacial score (nSPS) is 16.2. The molecule has 4 aromatic rings. The van der Waals surface area contributed by atoms with E-state index in [1.165, 1.54) is 30.3 Å². The number of piperidine rings is 1. The van der Waals surface area contributed by atoms with Gasteiger partial charge in [0.15, 0.2) is 5.89 Å². The number of hydrogen-bond donors (Lipinski definition) is 0. The van der Waals surface area contributed by atoms with Crippen molar-refractivity contribution in [3.8, 4) is 11.3 Å². The minimum Gasteiger partial charge on any atom is -0.445 e. The average molecular weight is 449 g/mol. The Labute approximate surface area is 188 Å². The van der Waals surface area contributed by atoms with Crippen LogP contribution in [-0.4, -0.2) is 34.0 Å². The molecule has 0 bridgehead atoms. The van der Waals surface area contributed by atoms with Gasteiger partial charge in [-0.15, -0.1) is 0 Å². The number of nitrogens with zero attached hydrogens (tertiary/aromatic N) is 3. The summed E-state index contributed by atoms with van der Waals surface area (Å²) in [5.41, 5.74) is 1.88. The Bertz CT molecular complexity index is 1270. The second kappa shape index (κ2) is 8.97. The highest BCUT2D eigenvalue weighted by Gasteiger charge is 2.30. The number of halogens is 2. The van der Waals surface area contributed by atoms with E-state index in [1.807, 2.05) is 0 Å². The molecule has 6 nitrogen and oxygen atoms in total. The molecule has 33 heavy (non-hydrogen) atoms. The van der Waals surface area contributed by atoms with Crippen LogP contribution < -0.4 is 0 Å². The number of likely N-dealkylation sites (tertiary alicyclic amines) is 1. The van der Waals surface area contributed by atoms with Crippen molar-refractivity contribution in [2.45, 2.75) is 25.2 Å². The maximum absolute atomic E-state index is 13.5. The lowest BCUT2D eigenvalue weighted by Gasteiger charge is -2.30. The molecule has 0 N–H and O–H groups in total. The molecule has 0 aliphatic carbocycles. The van der Waals surface area contributed by atoms with Gasteiger partial charge in [-0.05, 0) is 42.7 Å². The largest absolute Gasteiger partial charge is 0.445 e. The van der Waals surface area contributed by atoms with Gasteiger partial charge in [0.1, 0.15) is 23.1 Å². The molecule has 0 saturated carbocycles. The second-order valence-corrected chi connectivity index (χ2v) is 8.15. The van der Waals surface area contributed by atoms with Crippen LogP contribution in [0.2, 0.25) is 0 Å². The van der Waals surface area contributed by atoms with Crippen molar-refractivity contribution in [1.29, 1.82) is 0 Å². The zero-order valence-corrected chi connectivity index (χ0v) is 17.7. The fraction of sp³-hybridized carbons (Fsp3) is 0.240. The van der Waals surface area contributed by atoms with Crippen LogP contribution in [0.25, 0.3) is 11.3 Å². The van der Waals surface area contributed by atoms with E-state index < -0.39 is 0 Å². The molecule has 8 heteroatoms. The summed E-state index contributed by atoms with van der Waals surface area (Å²) in [7, 11) is 0. The average Bonchev–Trinajstić information content (AvgIpc) is 3.51. The highest BCUT2D eigenvalue weighted by Crippen LogP contribution is 2.29. The Hall–Kier alpha value is -3.81. The third-order valence-corrected chi connectivity index (χ3v) is 5.76. The van der Waals surface area contributed by atoms with Crippen molar-refractivity contribution in [3.63, 3.8) is 0 Å². The van der Waals surface area contributed by atoms with Crippen molar-refractivity contribution in [3.05, 3.63) is 95.4 Å². The van der Waals surface area contributed by atoms with Gasteiger partial charge in [0.2, 0.25) is 5.76 Å². The molecule has 1 saturated heterocycles. The number of rotatable bonds is 5. The predicted molar refractivity (Wildman–Crippen MR) is 115 cm³/mol. The Morgan fingerprint density at radius 1 is 1.09 bits per heavy atom. The number of amides is 1. The minimum atomic E-state index is -0.382. The summed E-state index contributed by atoms with van der Waals surface area (Å²) in [5, 5.41) is 3.93. The minimum absolute atomic E-state index is 0.0321. The quantitative estimate of drug-likeness (QED) is 0.418. The first-order valence-corrected chi connectivity index (χ1v) is 10.8. The van der Waals surface area contributed by atoms with Crippen molar-refractivity contribution in [2.24, 2.45) is 0 Å². The van der Waals surface area contributed by atoms with E-state index in [1.54, 1.807) is 35.4 Å². The topological polar surface area (TPSA) is 72.4 Å². The zero-order valence-electron chi connectivity index (χ0n) is 17.7. The molecule has 0 spiro atoms. The van der Waals surface area contributed by atoms with Gasteiger partial charge in [0.25, 0.3) is 5.91 Å². The molecular weight excluding hydrogens is 428 g/mol. The smallest absolute Gasteiger partial charge is 0.292 e. The highest BCUT2D eigenvalue weighted by molar-refractivity contribution is 5.92. The van der Waals surface area contributed by atoms with Crippen molar-refractivity contribution >= 4 is 5.91 Å². The van der Waals surface area contributed by atoms with E-state index in [9.17, 15) is 13.6 Å². The van der Waals surface area contributed by atoms with Crippen LogP contribution in [0.3, 0.4) is 0 Å². The summed E-state index contributed by atoms with van der Waals surface area (Å²) in [4.78, 5) is 19.1. The number of carbonyl (C=O) groups excluding carboxylic acids is 1. The van der Waals surface area contributed by atoms with Gasteiger partial charge in [0.05, 0.1) is 12.1 Å². The van der Waals surface area contributed by atoms with Crippen LogP contribution in [0.1, 0.15) is 46.5 Å². The van der Waals surface area contributed by atoms with Crippen LogP contribution >= 0.6 is 0 Å². The molecule has 1 atom stereocenters. The molecule has 168 valence electrons. The molecule has 1 fully saturated rings. The summed E-state index contributed by atoms with van der Waals surface area (Å²) in [6.07, 6.45) is 3.85. The van der Waals surface area contributed by atoms with Crippen LogP contribution in [0, 0.1) is 11.6 Å². The van der Waals surface area contributed by atoms with E-state index in [2.05, 4.69) is 10.1 Å². The fourth-order valence-electron chi connectivity index (χ4n) is 4.08. The van der Waals surface area contributed by atoms with Crippen LogP contribution in [0.5, 0.6) is 0 Å². The summed E-state index contributed by atoms with van der Waals surface area (Å²) in [5.74, 6) is 0.422.